The van der Waals surface area contributed by atoms with E-state index in [2.05, 4.69) is 26.1 Å². The Morgan fingerprint density at radius 2 is 1.93 bits per heavy atom. The van der Waals surface area contributed by atoms with Crippen LogP contribution in [0.1, 0.15) is 50.4 Å². The molecule has 30 heavy (non-hydrogen) atoms. The van der Waals surface area contributed by atoms with Crippen LogP contribution in [0.2, 0.25) is 5.02 Å². The van der Waals surface area contributed by atoms with Gasteiger partial charge in [0.1, 0.15) is 0 Å². The summed E-state index contributed by atoms with van der Waals surface area (Å²) >= 11 is 6.06. The van der Waals surface area contributed by atoms with Crippen molar-refractivity contribution < 1.29 is 22.7 Å². The van der Waals surface area contributed by atoms with Gasteiger partial charge in [0.25, 0.3) is 5.91 Å². The molecule has 2 fully saturated rings. The van der Waals surface area contributed by atoms with Crippen molar-refractivity contribution in [1.82, 2.24) is 9.62 Å². The van der Waals surface area contributed by atoms with Crippen LogP contribution < -0.4 is 5.32 Å². The van der Waals surface area contributed by atoms with Crippen molar-refractivity contribution in [2.45, 2.75) is 51.0 Å². The van der Waals surface area contributed by atoms with Gasteiger partial charge >= 0.3 is 5.97 Å². The number of sulfonamides is 1. The van der Waals surface area contributed by atoms with E-state index in [9.17, 15) is 18.0 Å². The standard InChI is InChI=1S/C21H29ClN2O5S/c1-20(2)13-8-9-21(20,3)17(10-13)23-18(25)12-29-19(26)15-11-14(6-7-16(15)22)30(27,28)24(4)5/h6-7,11,13,17H,8-10,12H2,1-5H3,(H,23,25)/t13?,17?,21-/m1/s1. The zero-order chi connectivity index (χ0) is 22.5. The number of carbonyl (C=O) groups excluding carboxylic acids is 2. The molecule has 2 aliphatic rings. The van der Waals surface area contributed by atoms with E-state index in [0.717, 1.165) is 23.2 Å². The first-order chi connectivity index (χ1) is 13.8. The Balaban J connectivity index is 1.65. The molecule has 1 aromatic rings. The van der Waals surface area contributed by atoms with Crippen molar-refractivity contribution in [1.29, 1.82) is 0 Å². The number of halogens is 1. The molecule has 0 aromatic heterocycles. The molecule has 1 N–H and O–H groups in total. The van der Waals surface area contributed by atoms with E-state index in [1.165, 1.54) is 32.6 Å². The van der Waals surface area contributed by atoms with Crippen molar-refractivity contribution in [2.24, 2.45) is 16.7 Å². The lowest BCUT2D eigenvalue weighted by molar-refractivity contribution is -0.126. The van der Waals surface area contributed by atoms with Gasteiger partial charge in [0.15, 0.2) is 6.61 Å². The lowest BCUT2D eigenvalue weighted by Gasteiger charge is -2.39. The van der Waals surface area contributed by atoms with E-state index in [-0.39, 0.29) is 38.3 Å². The topological polar surface area (TPSA) is 92.8 Å². The molecule has 2 bridgehead atoms. The summed E-state index contributed by atoms with van der Waals surface area (Å²) in [5.41, 5.74) is 0.0867. The van der Waals surface area contributed by atoms with Gasteiger partial charge in [-0.25, -0.2) is 17.5 Å². The van der Waals surface area contributed by atoms with Crippen LogP contribution in [0.25, 0.3) is 0 Å². The summed E-state index contributed by atoms with van der Waals surface area (Å²) in [5, 5.41) is 3.08. The fourth-order valence-electron chi connectivity index (χ4n) is 4.90. The normalized spacial score (nSPS) is 27.3. The first-order valence-electron chi connectivity index (χ1n) is 9.99. The number of hydrogen-bond acceptors (Lipinski definition) is 5. The van der Waals surface area contributed by atoms with Crippen LogP contribution in [-0.2, 0) is 19.6 Å². The van der Waals surface area contributed by atoms with Crippen LogP contribution in [0.5, 0.6) is 0 Å². The molecule has 166 valence electrons. The van der Waals surface area contributed by atoms with E-state index in [4.69, 9.17) is 16.3 Å². The number of hydrogen-bond donors (Lipinski definition) is 1. The molecule has 2 unspecified atom stereocenters. The first-order valence-corrected chi connectivity index (χ1v) is 11.8. The number of esters is 1. The summed E-state index contributed by atoms with van der Waals surface area (Å²) in [6.07, 6.45) is 3.17. The highest BCUT2D eigenvalue weighted by Crippen LogP contribution is 2.65. The summed E-state index contributed by atoms with van der Waals surface area (Å²) in [6.45, 7) is 6.28. The van der Waals surface area contributed by atoms with Crippen molar-refractivity contribution in [3.63, 3.8) is 0 Å². The number of fused-ring (bicyclic) bond motifs is 2. The number of carbonyl (C=O) groups is 2. The second-order valence-corrected chi connectivity index (χ2v) is 11.8. The Kier molecular flexibility index (Phi) is 5.99. The largest absolute Gasteiger partial charge is 0.452 e. The van der Waals surface area contributed by atoms with Crippen LogP contribution in [-0.4, -0.2) is 51.3 Å². The maximum Gasteiger partial charge on any atom is 0.340 e. The van der Waals surface area contributed by atoms with Crippen molar-refractivity contribution in [3.8, 4) is 0 Å². The van der Waals surface area contributed by atoms with E-state index < -0.39 is 22.6 Å². The molecule has 7 nitrogen and oxygen atoms in total. The number of ether oxygens (including phenoxy) is 1. The highest BCUT2D eigenvalue weighted by Gasteiger charge is 2.61. The molecule has 0 aliphatic heterocycles. The minimum atomic E-state index is -3.73. The van der Waals surface area contributed by atoms with Crippen LogP contribution in [0.15, 0.2) is 23.1 Å². The van der Waals surface area contributed by atoms with Crippen molar-refractivity contribution in [3.05, 3.63) is 28.8 Å². The number of amides is 1. The zero-order valence-electron chi connectivity index (χ0n) is 18.0. The Morgan fingerprint density at radius 3 is 2.47 bits per heavy atom. The lowest BCUT2D eigenvalue weighted by atomic mass is 9.69. The summed E-state index contributed by atoms with van der Waals surface area (Å²) in [6, 6.07) is 3.86. The minimum Gasteiger partial charge on any atom is -0.452 e. The minimum absolute atomic E-state index is 0.0233. The van der Waals surface area contributed by atoms with Gasteiger partial charge in [0.05, 0.1) is 15.5 Å². The second kappa shape index (κ2) is 7.80. The second-order valence-electron chi connectivity index (χ2n) is 9.24. The fraction of sp³-hybridized carbons (Fsp3) is 0.619. The van der Waals surface area contributed by atoms with Crippen LogP contribution in [0, 0.1) is 16.7 Å². The van der Waals surface area contributed by atoms with Gasteiger partial charge in [-0.2, -0.15) is 0 Å². The van der Waals surface area contributed by atoms with Gasteiger partial charge in [0, 0.05) is 20.1 Å². The molecule has 1 amide bonds. The third-order valence-corrected chi connectivity index (χ3v) is 9.54. The van der Waals surface area contributed by atoms with E-state index >= 15 is 0 Å². The molecule has 0 radical (unpaired) electrons. The molecule has 0 spiro atoms. The van der Waals surface area contributed by atoms with Crippen LogP contribution in [0.4, 0.5) is 0 Å². The van der Waals surface area contributed by atoms with Gasteiger partial charge in [-0.1, -0.05) is 32.4 Å². The molecular weight excluding hydrogens is 428 g/mol. The predicted octanol–water partition coefficient (Wildman–Crippen LogP) is 3.08. The maximum atomic E-state index is 12.5. The van der Waals surface area contributed by atoms with Gasteiger partial charge in [0.2, 0.25) is 10.0 Å². The van der Waals surface area contributed by atoms with Gasteiger partial charge in [-0.05, 0) is 54.2 Å². The monoisotopic (exact) mass is 456 g/mol. The van der Waals surface area contributed by atoms with Gasteiger partial charge in [-0.15, -0.1) is 0 Å². The fourth-order valence-corrected chi connectivity index (χ4v) is 6.02. The summed E-state index contributed by atoms with van der Waals surface area (Å²) in [4.78, 5) is 24.8. The number of benzene rings is 1. The number of nitrogens with zero attached hydrogens (tertiary/aromatic N) is 1. The van der Waals surface area contributed by atoms with E-state index in [1.54, 1.807) is 0 Å². The number of nitrogens with one attached hydrogen (secondary N) is 1. The molecule has 2 aliphatic carbocycles. The third-order valence-electron chi connectivity index (χ3n) is 7.40. The smallest absolute Gasteiger partial charge is 0.340 e. The van der Waals surface area contributed by atoms with Crippen LogP contribution in [0.3, 0.4) is 0 Å². The zero-order valence-corrected chi connectivity index (χ0v) is 19.6. The summed E-state index contributed by atoms with van der Waals surface area (Å²) in [7, 11) is -0.947. The van der Waals surface area contributed by atoms with Gasteiger partial charge < -0.3 is 10.1 Å². The molecule has 2 saturated carbocycles. The molecule has 0 heterocycles. The molecule has 3 rings (SSSR count). The first kappa shape index (κ1) is 23.0. The lowest BCUT2D eigenvalue weighted by Crippen LogP contribution is -2.48. The molecule has 9 heteroatoms. The highest BCUT2D eigenvalue weighted by atomic mass is 35.5. The highest BCUT2D eigenvalue weighted by molar-refractivity contribution is 7.89. The molecular formula is C21H29ClN2O5S. The third kappa shape index (κ3) is 3.74. The molecule has 1 aromatic carbocycles. The predicted molar refractivity (Wildman–Crippen MR) is 114 cm³/mol. The molecule has 0 saturated heterocycles. The number of rotatable bonds is 6. The van der Waals surface area contributed by atoms with Crippen LogP contribution >= 0.6 is 11.6 Å². The van der Waals surface area contributed by atoms with E-state index in [1.807, 2.05) is 0 Å². The maximum absolute atomic E-state index is 12.5. The average Bonchev–Trinajstić information content (AvgIpc) is 2.99. The Hall–Kier alpha value is -1.64. The Morgan fingerprint density at radius 1 is 1.27 bits per heavy atom. The van der Waals surface area contributed by atoms with Crippen molar-refractivity contribution in [2.75, 3.05) is 20.7 Å². The average molecular weight is 457 g/mol. The van der Waals surface area contributed by atoms with Crippen molar-refractivity contribution >= 4 is 33.5 Å². The van der Waals surface area contributed by atoms with Gasteiger partial charge in [-0.3, -0.25) is 4.79 Å². The van der Waals surface area contributed by atoms with E-state index in [0.29, 0.717) is 5.92 Å². The SMILES string of the molecule is CN(C)S(=O)(=O)c1ccc(Cl)c(C(=O)OCC(=O)NC2CC3CC[C@@]2(C)C3(C)C)c1. The molecule has 3 atom stereocenters. The summed E-state index contributed by atoms with van der Waals surface area (Å²) in [5.74, 6) is -0.632. The Bertz CT molecular complexity index is 976. The Labute approximate surface area is 183 Å². The summed E-state index contributed by atoms with van der Waals surface area (Å²) < 4.78 is 30.7. The quantitative estimate of drug-likeness (QED) is 0.664.